The van der Waals surface area contributed by atoms with E-state index in [1.807, 2.05) is 26.2 Å². The smallest absolute Gasteiger partial charge is 0.284 e. The van der Waals surface area contributed by atoms with Crippen LogP contribution in [0.5, 0.6) is 0 Å². The summed E-state index contributed by atoms with van der Waals surface area (Å²) in [6.07, 6.45) is 0. The van der Waals surface area contributed by atoms with E-state index in [2.05, 4.69) is 4.98 Å². The Hall–Kier alpha value is -1.97. The molecule has 0 aliphatic heterocycles. The molecule has 1 heterocycles. The molecule has 0 aliphatic carbocycles. The van der Waals surface area contributed by atoms with Crippen molar-refractivity contribution in [2.75, 3.05) is 20.1 Å². The highest BCUT2D eigenvalue weighted by Crippen LogP contribution is 2.37. The Morgan fingerprint density at radius 3 is 2.69 bits per heavy atom. The Morgan fingerprint density at radius 2 is 2.15 bits per heavy atom. The molecule has 26 heavy (non-hydrogen) atoms. The molecular formula is C17H22N4O3S2. The Balaban J connectivity index is 2.27. The summed E-state index contributed by atoms with van der Waals surface area (Å²) in [5.74, 6) is -0.267. The predicted molar refractivity (Wildman–Crippen MR) is 104 cm³/mol. The maximum absolute atomic E-state index is 12.6. The summed E-state index contributed by atoms with van der Waals surface area (Å²) in [5.41, 5.74) is 6.55. The molecule has 140 valence electrons. The van der Waals surface area contributed by atoms with Gasteiger partial charge in [-0.25, -0.2) is 4.98 Å². The predicted octanol–water partition coefficient (Wildman–Crippen LogP) is 3.57. The van der Waals surface area contributed by atoms with Crippen LogP contribution in [-0.2, 0) is 0 Å². The van der Waals surface area contributed by atoms with Gasteiger partial charge in [0.25, 0.3) is 11.6 Å². The lowest BCUT2D eigenvalue weighted by molar-refractivity contribution is -0.387. The first-order valence-corrected chi connectivity index (χ1v) is 9.66. The maximum Gasteiger partial charge on any atom is 0.284 e. The molecule has 0 spiro atoms. The molecule has 0 radical (unpaired) electrons. The molecular weight excluding hydrogens is 372 g/mol. The molecule has 0 saturated carbocycles. The minimum absolute atomic E-state index is 0.0970. The molecule has 0 saturated heterocycles. The molecule has 0 atom stereocenters. The molecule has 9 heteroatoms. The zero-order chi connectivity index (χ0) is 19.5. The van der Waals surface area contributed by atoms with E-state index in [4.69, 9.17) is 5.73 Å². The molecule has 0 unspecified atom stereocenters. The molecule has 0 aliphatic rings. The molecule has 7 nitrogen and oxygen atoms in total. The number of aromatic nitrogens is 1. The number of carbonyl (C=O) groups excluding carboxylic acids is 1. The second kappa shape index (κ2) is 8.15. The second-order valence-corrected chi connectivity index (χ2v) is 8.97. The molecule has 2 aromatic rings. The third-order valence-corrected chi connectivity index (χ3v) is 5.88. The number of nitrogens with two attached hydrogens (primary N) is 1. The fourth-order valence-corrected chi connectivity index (χ4v) is 4.23. The van der Waals surface area contributed by atoms with E-state index in [0.717, 1.165) is 10.0 Å². The summed E-state index contributed by atoms with van der Waals surface area (Å²) in [6.45, 7) is 6.71. The van der Waals surface area contributed by atoms with Crippen molar-refractivity contribution in [2.24, 2.45) is 11.1 Å². The van der Waals surface area contributed by atoms with E-state index in [1.165, 1.54) is 29.2 Å². The van der Waals surface area contributed by atoms with Crippen LogP contribution in [0, 0.1) is 22.5 Å². The van der Waals surface area contributed by atoms with E-state index in [0.29, 0.717) is 18.0 Å². The molecule has 1 amide bonds. The van der Waals surface area contributed by atoms with Crippen LogP contribution >= 0.6 is 23.1 Å². The monoisotopic (exact) mass is 394 g/mol. The van der Waals surface area contributed by atoms with Gasteiger partial charge in [-0.1, -0.05) is 25.6 Å². The van der Waals surface area contributed by atoms with E-state index < -0.39 is 4.92 Å². The zero-order valence-corrected chi connectivity index (χ0v) is 16.8. The number of thiazole rings is 1. The fourth-order valence-electron chi connectivity index (χ4n) is 2.35. The number of benzene rings is 1. The van der Waals surface area contributed by atoms with Crippen molar-refractivity contribution in [1.29, 1.82) is 0 Å². The fraction of sp³-hybridized carbons (Fsp3) is 0.412. The van der Waals surface area contributed by atoms with Gasteiger partial charge in [0.15, 0.2) is 4.34 Å². The number of rotatable bonds is 7. The van der Waals surface area contributed by atoms with E-state index in [-0.39, 0.29) is 22.6 Å². The van der Waals surface area contributed by atoms with Gasteiger partial charge in [-0.05, 0) is 31.0 Å². The second-order valence-electron chi connectivity index (χ2n) is 6.83. The van der Waals surface area contributed by atoms with Crippen LogP contribution in [0.25, 0.3) is 0 Å². The number of hydrogen-bond donors (Lipinski definition) is 1. The van der Waals surface area contributed by atoms with Gasteiger partial charge in [0.2, 0.25) is 0 Å². The summed E-state index contributed by atoms with van der Waals surface area (Å²) in [4.78, 5) is 30.0. The van der Waals surface area contributed by atoms with Gasteiger partial charge in [-0.3, -0.25) is 14.9 Å². The SMILES string of the molecule is Cc1csc(Sc2ccc(C(=O)N(C)CC(C)(C)CN)cc2[N+](=O)[O-])n1. The Kier molecular flexibility index (Phi) is 6.38. The molecule has 2 rings (SSSR count). The highest BCUT2D eigenvalue weighted by molar-refractivity contribution is 8.01. The highest BCUT2D eigenvalue weighted by Gasteiger charge is 2.24. The minimum Gasteiger partial charge on any atom is -0.341 e. The largest absolute Gasteiger partial charge is 0.341 e. The maximum atomic E-state index is 12.6. The van der Waals surface area contributed by atoms with Crippen LogP contribution in [-0.4, -0.2) is 40.9 Å². The van der Waals surface area contributed by atoms with Crippen LogP contribution in [0.3, 0.4) is 0 Å². The van der Waals surface area contributed by atoms with Crippen LogP contribution in [0.15, 0.2) is 32.8 Å². The lowest BCUT2D eigenvalue weighted by atomic mass is 9.93. The first-order valence-electron chi connectivity index (χ1n) is 7.97. The van der Waals surface area contributed by atoms with Crippen molar-refractivity contribution in [2.45, 2.75) is 30.0 Å². The van der Waals surface area contributed by atoms with Crippen molar-refractivity contribution in [3.05, 3.63) is 45.0 Å². The van der Waals surface area contributed by atoms with Crippen molar-refractivity contribution in [3.63, 3.8) is 0 Å². The third kappa shape index (κ3) is 5.03. The number of carbonyl (C=O) groups is 1. The lowest BCUT2D eigenvalue weighted by Crippen LogP contribution is -2.39. The number of nitrogens with zero attached hydrogens (tertiary/aromatic N) is 3. The number of aryl methyl sites for hydroxylation is 1. The van der Waals surface area contributed by atoms with Crippen LogP contribution in [0.1, 0.15) is 29.9 Å². The zero-order valence-electron chi connectivity index (χ0n) is 15.2. The van der Waals surface area contributed by atoms with Gasteiger partial charge in [0, 0.05) is 36.3 Å². The Labute approximate surface area is 160 Å². The molecule has 0 fully saturated rings. The quantitative estimate of drug-likeness (QED) is 0.569. The third-order valence-electron chi connectivity index (χ3n) is 3.76. The first-order chi connectivity index (χ1) is 12.1. The average molecular weight is 395 g/mol. The van der Waals surface area contributed by atoms with Crippen LogP contribution in [0.4, 0.5) is 5.69 Å². The Bertz CT molecular complexity index is 820. The molecule has 0 bridgehead atoms. The van der Waals surface area contributed by atoms with Gasteiger partial charge < -0.3 is 10.6 Å². The van der Waals surface area contributed by atoms with Gasteiger partial charge in [-0.15, -0.1) is 11.3 Å². The molecule has 1 aromatic heterocycles. The average Bonchev–Trinajstić information content (AvgIpc) is 2.98. The van der Waals surface area contributed by atoms with E-state index in [9.17, 15) is 14.9 Å². The topological polar surface area (TPSA) is 102 Å². The van der Waals surface area contributed by atoms with E-state index >= 15 is 0 Å². The number of amides is 1. The summed E-state index contributed by atoms with van der Waals surface area (Å²) >= 11 is 2.66. The van der Waals surface area contributed by atoms with Crippen molar-refractivity contribution in [1.82, 2.24) is 9.88 Å². The molecule has 2 N–H and O–H groups in total. The minimum atomic E-state index is -0.469. The number of nitro groups is 1. The Morgan fingerprint density at radius 1 is 1.46 bits per heavy atom. The summed E-state index contributed by atoms with van der Waals surface area (Å²) in [6, 6.07) is 4.55. The lowest BCUT2D eigenvalue weighted by Gasteiger charge is -2.29. The van der Waals surface area contributed by atoms with Gasteiger partial charge >= 0.3 is 0 Å². The summed E-state index contributed by atoms with van der Waals surface area (Å²) in [5, 5.41) is 13.4. The standard InChI is InChI=1S/C17H22N4O3S2/c1-11-8-25-16(19-11)26-14-6-5-12(7-13(14)21(23)24)15(22)20(4)10-17(2,3)9-18/h5-8H,9-10,18H2,1-4H3. The first kappa shape index (κ1) is 20.3. The van der Waals surface area contributed by atoms with E-state index in [1.54, 1.807) is 24.1 Å². The normalized spacial score (nSPS) is 11.4. The number of hydrogen-bond acceptors (Lipinski definition) is 7. The summed E-state index contributed by atoms with van der Waals surface area (Å²) < 4.78 is 0.728. The van der Waals surface area contributed by atoms with Crippen molar-refractivity contribution < 1.29 is 9.72 Å². The van der Waals surface area contributed by atoms with Gasteiger partial charge in [0.05, 0.1) is 9.82 Å². The van der Waals surface area contributed by atoms with Gasteiger partial charge in [-0.2, -0.15) is 0 Å². The van der Waals surface area contributed by atoms with Gasteiger partial charge in [0.1, 0.15) is 0 Å². The number of nitro benzene ring substituents is 1. The molecule has 1 aromatic carbocycles. The van der Waals surface area contributed by atoms with Crippen molar-refractivity contribution in [3.8, 4) is 0 Å². The van der Waals surface area contributed by atoms with Crippen LogP contribution in [0.2, 0.25) is 0 Å². The van der Waals surface area contributed by atoms with Crippen LogP contribution < -0.4 is 5.73 Å². The van der Waals surface area contributed by atoms with Crippen molar-refractivity contribution >= 4 is 34.7 Å². The highest BCUT2D eigenvalue weighted by atomic mass is 32.2. The summed E-state index contributed by atoms with van der Waals surface area (Å²) in [7, 11) is 1.67.